The number of amides is 3. The van der Waals surface area contributed by atoms with Crippen LogP contribution in [0.2, 0.25) is 0 Å². The summed E-state index contributed by atoms with van der Waals surface area (Å²) < 4.78 is 13.0. The Hall–Kier alpha value is -5.27. The van der Waals surface area contributed by atoms with Gasteiger partial charge in [-0.05, 0) is 73.2 Å². The number of hydrogen-bond acceptors (Lipinski definition) is 9. The second-order valence-electron chi connectivity index (χ2n) is 12.1. The van der Waals surface area contributed by atoms with E-state index in [4.69, 9.17) is 25.9 Å². The second kappa shape index (κ2) is 13.1. The molecule has 0 aliphatic carbocycles. The number of nitrogens with zero attached hydrogens (tertiary/aromatic N) is 2. The predicted octanol–water partition coefficient (Wildman–Crippen LogP) is 2.94. The van der Waals surface area contributed by atoms with E-state index in [0.29, 0.717) is 72.9 Å². The molecular formula is C35H38N6O7. The van der Waals surface area contributed by atoms with E-state index in [1.807, 2.05) is 30.3 Å². The number of cyclic esters (lactones) is 1. The molecule has 2 aliphatic heterocycles. The quantitative estimate of drug-likeness (QED) is 0.105. The molecule has 0 bridgehead atoms. The number of rotatable bonds is 11. The van der Waals surface area contributed by atoms with E-state index in [9.17, 15) is 24.3 Å². The molecule has 0 unspecified atom stereocenters. The summed E-state index contributed by atoms with van der Waals surface area (Å²) in [7, 11) is 0. The van der Waals surface area contributed by atoms with E-state index >= 15 is 0 Å². The summed E-state index contributed by atoms with van der Waals surface area (Å²) in [6.45, 7) is 4.53. The molecule has 6 rings (SSSR count). The van der Waals surface area contributed by atoms with Gasteiger partial charge in [0, 0.05) is 28.7 Å². The summed E-state index contributed by atoms with van der Waals surface area (Å²) >= 11 is 0. The van der Waals surface area contributed by atoms with Crippen LogP contribution in [0.25, 0.3) is 22.3 Å². The van der Waals surface area contributed by atoms with E-state index in [1.165, 1.54) is 0 Å². The van der Waals surface area contributed by atoms with Gasteiger partial charge in [-0.15, -0.1) is 0 Å². The Morgan fingerprint density at radius 2 is 1.90 bits per heavy atom. The summed E-state index contributed by atoms with van der Waals surface area (Å²) in [5, 5.41) is 17.4. The molecule has 0 saturated carbocycles. The minimum Gasteiger partial charge on any atom is -0.489 e. The summed E-state index contributed by atoms with van der Waals surface area (Å²) in [4.78, 5) is 54.2. The van der Waals surface area contributed by atoms with Crippen molar-refractivity contribution in [3.8, 4) is 17.1 Å². The van der Waals surface area contributed by atoms with Gasteiger partial charge in [-0.25, -0.2) is 14.6 Å². The Balaban J connectivity index is 1.17. The molecule has 0 fully saturated rings. The molecule has 2 aromatic carbocycles. The molecule has 0 saturated heterocycles. The third-order valence-electron chi connectivity index (χ3n) is 9.09. The maximum atomic E-state index is 13.6. The molecule has 13 nitrogen and oxygen atoms in total. The zero-order chi connectivity index (χ0) is 34.2. The molecule has 48 heavy (non-hydrogen) atoms. The highest BCUT2D eigenvalue weighted by atomic mass is 16.6. The van der Waals surface area contributed by atoms with Crippen LogP contribution in [-0.4, -0.2) is 45.2 Å². The van der Waals surface area contributed by atoms with Crippen molar-refractivity contribution < 1.29 is 29.0 Å². The monoisotopic (exact) mass is 654 g/mol. The standard InChI is InChI=1S/C35H38N6O7/c1-3-22-23-14-21(47-17-19-7-9-20(10-8-19)39-31(42)27(36)6-5-13-38-34(37)45)11-12-28(23)40-30-24(22)16-41-29(30)15-26-25(32(41)43)18-48-33(44)35(26,46)4-2/h7-12,14-15,27,46H,3-6,13,16-18,36H2,1-2H3,(H,39,42)(H3,37,38,45)/t27-,35-/m0/s1. The SMILES string of the molecule is CCc1c2c(nc3ccc(OCc4ccc(NC(=O)[C@@H](N)CCCNC(N)=O)cc4)cc13)-c1cc3c(c(=O)n1C2)COC(=O)[C@]3(O)CC. The van der Waals surface area contributed by atoms with Gasteiger partial charge in [-0.1, -0.05) is 26.0 Å². The van der Waals surface area contributed by atoms with Crippen LogP contribution in [0, 0.1) is 0 Å². The third kappa shape index (κ3) is 5.98. The highest BCUT2D eigenvalue weighted by Crippen LogP contribution is 2.40. The smallest absolute Gasteiger partial charge is 0.343 e. The largest absolute Gasteiger partial charge is 0.489 e. The summed E-state index contributed by atoms with van der Waals surface area (Å²) in [5.74, 6) is -0.416. The van der Waals surface area contributed by atoms with E-state index in [0.717, 1.165) is 27.6 Å². The lowest BCUT2D eigenvalue weighted by Crippen LogP contribution is -2.44. The van der Waals surface area contributed by atoms with Gasteiger partial charge in [0.25, 0.3) is 5.56 Å². The number of benzene rings is 2. The number of aliphatic hydroxyl groups is 1. The van der Waals surface area contributed by atoms with E-state index in [1.54, 1.807) is 29.7 Å². The number of pyridine rings is 2. The first-order valence-corrected chi connectivity index (χ1v) is 16.0. The number of fused-ring (bicyclic) bond motifs is 5. The lowest BCUT2D eigenvalue weighted by molar-refractivity contribution is -0.172. The zero-order valence-electron chi connectivity index (χ0n) is 26.8. The normalized spacial score (nSPS) is 16.8. The average molecular weight is 655 g/mol. The number of esters is 1. The van der Waals surface area contributed by atoms with Crippen LogP contribution in [0.1, 0.15) is 60.9 Å². The van der Waals surface area contributed by atoms with Gasteiger partial charge in [0.2, 0.25) is 5.91 Å². The zero-order valence-corrected chi connectivity index (χ0v) is 26.8. The molecule has 4 heterocycles. The number of aryl methyl sites for hydroxylation is 1. The Labute approximate surface area is 276 Å². The fraction of sp³-hybridized carbons (Fsp3) is 0.343. The van der Waals surface area contributed by atoms with Crippen LogP contribution in [-0.2, 0) is 46.1 Å². The fourth-order valence-corrected chi connectivity index (χ4v) is 6.39. The molecule has 0 radical (unpaired) electrons. The minimum absolute atomic E-state index is 0.0815. The highest BCUT2D eigenvalue weighted by Gasteiger charge is 2.45. The van der Waals surface area contributed by atoms with Crippen LogP contribution in [0.5, 0.6) is 5.75 Å². The van der Waals surface area contributed by atoms with Crippen molar-refractivity contribution in [3.63, 3.8) is 0 Å². The molecule has 4 aromatic rings. The Kier molecular flexibility index (Phi) is 8.91. The van der Waals surface area contributed by atoms with Gasteiger partial charge < -0.3 is 41.2 Å². The number of carbonyl (C=O) groups is 3. The Morgan fingerprint density at radius 3 is 2.60 bits per heavy atom. The molecule has 2 aliphatic rings. The number of urea groups is 1. The molecular weight excluding hydrogens is 616 g/mol. The number of nitrogens with two attached hydrogens (primary N) is 2. The van der Waals surface area contributed by atoms with Gasteiger partial charge in [-0.3, -0.25) is 9.59 Å². The number of ether oxygens (including phenoxy) is 2. The number of carbonyl (C=O) groups excluding carboxylic acids is 3. The topological polar surface area (TPSA) is 201 Å². The van der Waals surface area contributed by atoms with Crippen LogP contribution >= 0.6 is 0 Å². The van der Waals surface area contributed by atoms with E-state index < -0.39 is 23.6 Å². The van der Waals surface area contributed by atoms with Crippen molar-refractivity contribution in [1.29, 1.82) is 0 Å². The van der Waals surface area contributed by atoms with Crippen LogP contribution in [0.3, 0.4) is 0 Å². The minimum atomic E-state index is -1.88. The van der Waals surface area contributed by atoms with Gasteiger partial charge in [0.1, 0.15) is 19.0 Å². The number of aromatic nitrogens is 2. The summed E-state index contributed by atoms with van der Waals surface area (Å²) in [6.07, 6.45) is 1.70. The molecule has 2 aromatic heterocycles. The first kappa shape index (κ1) is 32.7. The molecule has 0 spiro atoms. The number of anilines is 1. The second-order valence-corrected chi connectivity index (χ2v) is 12.1. The van der Waals surface area contributed by atoms with Crippen molar-refractivity contribution in [3.05, 3.63) is 86.7 Å². The molecule has 2 atom stereocenters. The van der Waals surface area contributed by atoms with Gasteiger partial charge in [0.05, 0.1) is 35.1 Å². The van der Waals surface area contributed by atoms with Crippen LogP contribution < -0.4 is 32.4 Å². The number of hydrogen-bond donors (Lipinski definition) is 5. The molecule has 3 amide bonds. The van der Waals surface area contributed by atoms with Crippen molar-refractivity contribution in [1.82, 2.24) is 14.9 Å². The fourth-order valence-electron chi connectivity index (χ4n) is 6.39. The van der Waals surface area contributed by atoms with Crippen molar-refractivity contribution in [2.45, 2.75) is 70.9 Å². The van der Waals surface area contributed by atoms with Crippen molar-refractivity contribution in [2.75, 3.05) is 11.9 Å². The number of nitrogens with one attached hydrogen (secondary N) is 2. The average Bonchev–Trinajstić information content (AvgIpc) is 3.45. The summed E-state index contributed by atoms with van der Waals surface area (Å²) in [5.41, 5.74) is 14.9. The van der Waals surface area contributed by atoms with Crippen LogP contribution in [0.15, 0.2) is 53.3 Å². The molecule has 250 valence electrons. The van der Waals surface area contributed by atoms with Gasteiger partial charge in [0.15, 0.2) is 5.60 Å². The maximum absolute atomic E-state index is 13.6. The molecule has 7 N–H and O–H groups in total. The van der Waals surface area contributed by atoms with Crippen molar-refractivity contribution in [2.24, 2.45) is 11.5 Å². The van der Waals surface area contributed by atoms with Crippen molar-refractivity contribution >= 4 is 34.5 Å². The van der Waals surface area contributed by atoms with E-state index in [-0.39, 0.29) is 24.5 Å². The van der Waals surface area contributed by atoms with Gasteiger partial charge in [-0.2, -0.15) is 0 Å². The maximum Gasteiger partial charge on any atom is 0.343 e. The molecule has 13 heteroatoms. The van der Waals surface area contributed by atoms with Gasteiger partial charge >= 0.3 is 12.0 Å². The van der Waals surface area contributed by atoms with Crippen LogP contribution in [0.4, 0.5) is 10.5 Å². The lowest BCUT2D eigenvalue weighted by Gasteiger charge is -2.31. The first-order chi connectivity index (χ1) is 23.0. The number of primary amides is 1. The third-order valence-corrected chi connectivity index (χ3v) is 9.09. The highest BCUT2D eigenvalue weighted by molar-refractivity contribution is 5.94. The summed E-state index contributed by atoms with van der Waals surface area (Å²) in [6, 6.07) is 13.3. The van der Waals surface area contributed by atoms with E-state index in [2.05, 4.69) is 17.6 Å². The first-order valence-electron chi connectivity index (χ1n) is 16.0. The Bertz CT molecular complexity index is 1990. The Morgan fingerprint density at radius 1 is 1.12 bits per heavy atom. The predicted molar refractivity (Wildman–Crippen MR) is 178 cm³/mol. The lowest BCUT2D eigenvalue weighted by atomic mass is 9.86.